The maximum atomic E-state index is 14.7. The molecule has 0 radical (unpaired) electrons. The Bertz CT molecular complexity index is 1880. The first-order valence-electron chi connectivity index (χ1n) is 16.6. The van der Waals surface area contributed by atoms with Crippen molar-refractivity contribution in [1.82, 2.24) is 24.1 Å². The summed E-state index contributed by atoms with van der Waals surface area (Å²) in [7, 11) is 1.65. The first-order valence-corrected chi connectivity index (χ1v) is 16.6. The van der Waals surface area contributed by atoms with Gasteiger partial charge in [0.15, 0.2) is 5.82 Å². The summed E-state index contributed by atoms with van der Waals surface area (Å²) in [6.45, 7) is 10.6. The van der Waals surface area contributed by atoms with Gasteiger partial charge in [-0.3, -0.25) is 9.59 Å². The molecule has 2 aromatic heterocycles. The number of halogens is 4. The number of nitrogens with zero attached hydrogens (tertiary/aromatic N) is 6. The maximum Gasteiger partial charge on any atom is 0.419 e. The van der Waals surface area contributed by atoms with Crippen molar-refractivity contribution < 1.29 is 36.6 Å². The van der Waals surface area contributed by atoms with E-state index in [1.54, 1.807) is 37.3 Å². The minimum atomic E-state index is -4.90. The number of ether oxygens (including phenoxy) is 2. The number of amides is 2. The van der Waals surface area contributed by atoms with Crippen molar-refractivity contribution in [2.24, 2.45) is 0 Å². The molecule has 1 fully saturated rings. The Balaban J connectivity index is 1.55. The van der Waals surface area contributed by atoms with E-state index in [-0.39, 0.29) is 48.0 Å². The predicted molar refractivity (Wildman–Crippen MR) is 179 cm³/mol. The van der Waals surface area contributed by atoms with Crippen LogP contribution in [0.5, 0.6) is 0 Å². The van der Waals surface area contributed by atoms with Crippen LogP contribution in [0.4, 0.5) is 33.7 Å². The van der Waals surface area contributed by atoms with Gasteiger partial charge in [-0.25, -0.2) is 9.18 Å². The number of hydrogen-bond acceptors (Lipinski definition) is 8. The average molecular weight is 706 g/mol. The smallest absolute Gasteiger partial charge is 0.419 e. The number of fused-ring (bicyclic) bond motifs is 1. The molecule has 3 aromatic rings. The summed E-state index contributed by atoms with van der Waals surface area (Å²) in [6, 6.07) is 1.26. The number of anilines is 2. The molecular weight excluding hydrogens is 662 g/mol. The van der Waals surface area contributed by atoms with Crippen molar-refractivity contribution in [3.63, 3.8) is 0 Å². The third-order valence-corrected chi connectivity index (χ3v) is 8.98. The largest absolute Gasteiger partial charge is 0.444 e. The second-order valence-corrected chi connectivity index (χ2v) is 13.7. The minimum Gasteiger partial charge on any atom is -0.444 e. The molecule has 1 saturated heterocycles. The topological polar surface area (TPSA) is 123 Å². The molecule has 1 N–H and O–H groups in total. The minimum absolute atomic E-state index is 0.0533. The number of benzene rings is 1. The summed E-state index contributed by atoms with van der Waals surface area (Å²) >= 11 is 0. The molecule has 0 saturated carbocycles. The average Bonchev–Trinajstić information content (AvgIpc) is 3.49. The quantitative estimate of drug-likeness (QED) is 0.316. The molecule has 3 heterocycles. The van der Waals surface area contributed by atoms with E-state index >= 15 is 0 Å². The van der Waals surface area contributed by atoms with Gasteiger partial charge in [0.25, 0.3) is 5.56 Å². The van der Waals surface area contributed by atoms with Crippen LogP contribution in [0.2, 0.25) is 0 Å². The monoisotopic (exact) mass is 705 g/mol. The standard InChI is InChI=1S/C34H43F4N7O5/c1-8-25-28(42-15-16-43(19(2)17-42)32(48)50-33(4,5)6)30(47)45-31(40-29(41-45)21-9-11-22(49-7)12-10-21)44(25)18-26(46)39-24-14-13-23(34(36,37)38)27(35)20(24)3/h9,13-14,19,22H,8,10-12,15-18H2,1-7H3,(H,39,46)/t19-,22?/m1/s1. The Morgan fingerprint density at radius 2 is 1.86 bits per heavy atom. The Morgan fingerprint density at radius 3 is 2.44 bits per heavy atom. The SMILES string of the molecule is CCc1c(N2CCN(C(=O)OC(C)(C)C)[C@H](C)C2)c(=O)n2nc(C3=CCC(OC)CC3)nc2n1CC(=O)Nc1ccc(C(F)(F)F)c(F)c1C. The molecule has 16 heteroatoms. The van der Waals surface area contributed by atoms with Crippen molar-refractivity contribution in [2.45, 2.75) is 97.7 Å². The van der Waals surface area contributed by atoms with Gasteiger partial charge in [0.2, 0.25) is 11.7 Å². The molecule has 272 valence electrons. The normalized spacial score (nSPS) is 18.7. The van der Waals surface area contributed by atoms with Gasteiger partial charge >= 0.3 is 12.3 Å². The number of nitrogens with one attached hydrogen (secondary N) is 1. The van der Waals surface area contributed by atoms with Gasteiger partial charge in [-0.15, -0.1) is 5.10 Å². The van der Waals surface area contributed by atoms with E-state index in [9.17, 15) is 31.9 Å². The lowest BCUT2D eigenvalue weighted by atomic mass is 9.97. The first kappa shape index (κ1) is 36.8. The lowest BCUT2D eigenvalue weighted by molar-refractivity contribution is -0.140. The molecule has 0 spiro atoms. The second-order valence-electron chi connectivity index (χ2n) is 13.7. The second kappa shape index (κ2) is 14.0. The lowest BCUT2D eigenvalue weighted by Crippen LogP contribution is -2.56. The van der Waals surface area contributed by atoms with Crippen molar-refractivity contribution >= 4 is 34.7 Å². The summed E-state index contributed by atoms with van der Waals surface area (Å²) in [5.41, 5.74) is -1.46. The highest BCUT2D eigenvalue weighted by Gasteiger charge is 2.36. The van der Waals surface area contributed by atoms with E-state index in [0.29, 0.717) is 43.4 Å². The molecule has 0 bridgehead atoms. The van der Waals surface area contributed by atoms with Gasteiger partial charge in [-0.05, 0) is 78.0 Å². The molecule has 2 amide bonds. The molecule has 12 nitrogen and oxygen atoms in total. The molecule has 1 aromatic carbocycles. The van der Waals surface area contributed by atoms with Crippen LogP contribution >= 0.6 is 0 Å². The number of methoxy groups -OCH3 is 1. The van der Waals surface area contributed by atoms with E-state index in [1.165, 1.54) is 0 Å². The Kier molecular flexibility index (Phi) is 10.3. The molecule has 2 atom stereocenters. The van der Waals surface area contributed by atoms with Crippen LogP contribution in [0.1, 0.15) is 76.5 Å². The van der Waals surface area contributed by atoms with E-state index in [0.717, 1.165) is 29.5 Å². The maximum absolute atomic E-state index is 14.7. The molecular formula is C34H43F4N7O5. The fourth-order valence-corrected chi connectivity index (χ4v) is 6.42. The third kappa shape index (κ3) is 7.49. The summed E-state index contributed by atoms with van der Waals surface area (Å²) < 4.78 is 68.3. The highest BCUT2D eigenvalue weighted by molar-refractivity contribution is 5.92. The van der Waals surface area contributed by atoms with Crippen molar-refractivity contribution in [1.29, 1.82) is 0 Å². The van der Waals surface area contributed by atoms with Crippen molar-refractivity contribution in [2.75, 3.05) is 37.0 Å². The zero-order chi connectivity index (χ0) is 36.7. The van der Waals surface area contributed by atoms with Gasteiger partial charge in [-0.2, -0.15) is 22.7 Å². The molecule has 1 aliphatic heterocycles. The summed E-state index contributed by atoms with van der Waals surface area (Å²) in [6.07, 6.45) is -1.06. The fraction of sp³-hybridized carbons (Fsp3) is 0.559. The molecule has 1 aliphatic carbocycles. The first-order chi connectivity index (χ1) is 23.4. The fourth-order valence-electron chi connectivity index (χ4n) is 6.42. The Hall–Kier alpha value is -4.47. The Labute approximate surface area is 287 Å². The van der Waals surface area contributed by atoms with Crippen LogP contribution in [0.15, 0.2) is 23.0 Å². The van der Waals surface area contributed by atoms with Crippen molar-refractivity contribution in [3.05, 3.63) is 57.0 Å². The number of hydrogen-bond donors (Lipinski definition) is 1. The molecule has 2 aliphatic rings. The molecule has 5 rings (SSSR count). The van der Waals surface area contributed by atoms with Crippen LogP contribution in [0.25, 0.3) is 11.4 Å². The van der Waals surface area contributed by atoms with Gasteiger partial charge in [0, 0.05) is 44.0 Å². The number of alkyl halides is 3. The lowest BCUT2D eigenvalue weighted by Gasteiger charge is -2.41. The summed E-state index contributed by atoms with van der Waals surface area (Å²) in [4.78, 5) is 48.9. The van der Waals surface area contributed by atoms with Crippen LogP contribution in [0.3, 0.4) is 0 Å². The van der Waals surface area contributed by atoms with E-state index in [2.05, 4.69) is 10.4 Å². The third-order valence-electron chi connectivity index (χ3n) is 8.98. The summed E-state index contributed by atoms with van der Waals surface area (Å²) in [5, 5.41) is 7.13. The zero-order valence-corrected chi connectivity index (χ0v) is 29.3. The van der Waals surface area contributed by atoms with Gasteiger partial charge in [0.1, 0.15) is 23.7 Å². The van der Waals surface area contributed by atoms with Gasteiger partial charge < -0.3 is 29.2 Å². The van der Waals surface area contributed by atoms with E-state index in [1.807, 2.05) is 24.8 Å². The number of piperazine rings is 1. The Morgan fingerprint density at radius 1 is 1.14 bits per heavy atom. The summed E-state index contributed by atoms with van der Waals surface area (Å²) in [5.74, 6) is -1.72. The van der Waals surface area contributed by atoms with Crippen LogP contribution in [0, 0.1) is 12.7 Å². The number of aromatic nitrogens is 4. The van der Waals surface area contributed by atoms with Gasteiger partial charge in [-0.1, -0.05) is 13.0 Å². The predicted octanol–water partition coefficient (Wildman–Crippen LogP) is 5.59. The number of allylic oxidation sites excluding steroid dienone is 1. The number of carbonyl (C=O) groups is 2. The van der Waals surface area contributed by atoms with Crippen LogP contribution < -0.4 is 15.8 Å². The van der Waals surface area contributed by atoms with E-state index in [4.69, 9.17) is 14.5 Å². The highest BCUT2D eigenvalue weighted by Crippen LogP contribution is 2.35. The van der Waals surface area contributed by atoms with E-state index < -0.39 is 47.3 Å². The highest BCUT2D eigenvalue weighted by atomic mass is 19.4. The molecule has 1 unspecified atom stereocenters. The van der Waals surface area contributed by atoms with Gasteiger partial charge in [0.05, 0.1) is 17.4 Å². The van der Waals surface area contributed by atoms with Crippen LogP contribution in [-0.4, -0.2) is 80.6 Å². The van der Waals surface area contributed by atoms with Crippen LogP contribution in [-0.2, 0) is 33.4 Å². The number of rotatable bonds is 7. The van der Waals surface area contributed by atoms with Crippen molar-refractivity contribution in [3.8, 4) is 0 Å². The number of carbonyl (C=O) groups excluding carboxylic acids is 2. The molecule has 50 heavy (non-hydrogen) atoms. The zero-order valence-electron chi connectivity index (χ0n) is 29.3.